The summed E-state index contributed by atoms with van der Waals surface area (Å²) < 4.78 is 5.22. The van der Waals surface area contributed by atoms with E-state index in [4.69, 9.17) is 4.74 Å². The first kappa shape index (κ1) is 19.4. The van der Waals surface area contributed by atoms with Crippen molar-refractivity contribution in [1.29, 1.82) is 0 Å². The molecule has 0 unspecified atom stereocenters. The molecule has 1 aromatic carbocycles. The molecule has 5 heteroatoms. The van der Waals surface area contributed by atoms with Gasteiger partial charge in [-0.05, 0) is 63.8 Å². The molecule has 3 rings (SSSR count). The minimum Gasteiger partial charge on any atom is -0.497 e. The third-order valence-corrected chi connectivity index (χ3v) is 5.45. The number of carbonyl (C=O) groups is 2. The molecular formula is C22H28N2O3. The zero-order valence-electron chi connectivity index (χ0n) is 16.8. The van der Waals surface area contributed by atoms with Crippen LogP contribution in [0.4, 0.5) is 0 Å². The molecule has 1 aliphatic rings. The largest absolute Gasteiger partial charge is 0.497 e. The molecule has 1 heterocycles. The van der Waals surface area contributed by atoms with Gasteiger partial charge in [0, 0.05) is 23.8 Å². The van der Waals surface area contributed by atoms with E-state index in [2.05, 4.69) is 9.88 Å². The van der Waals surface area contributed by atoms with Crippen molar-refractivity contribution in [3.63, 3.8) is 0 Å². The second-order valence-corrected chi connectivity index (χ2v) is 7.47. The zero-order chi connectivity index (χ0) is 19.7. The van der Waals surface area contributed by atoms with Crippen LogP contribution in [0, 0.1) is 13.8 Å². The molecule has 1 aliphatic carbocycles. The maximum Gasteiger partial charge on any atom is 0.196 e. The standard InChI is InChI=1S/C22H28N2O3/c1-13-20(16(4)25)14(2)23-21(13)22(26)15(3)24(18-8-9-18)12-17-6-10-19(27-5)11-7-17/h6-7,10-11,15,18,23H,8-9,12H2,1-5H3/t15-/m1/s1. The van der Waals surface area contributed by atoms with E-state index in [1.165, 1.54) is 0 Å². The first-order valence-electron chi connectivity index (χ1n) is 9.46. The third kappa shape index (κ3) is 3.98. The van der Waals surface area contributed by atoms with Crippen LogP contribution in [-0.4, -0.2) is 40.6 Å². The molecule has 0 saturated heterocycles. The number of carbonyl (C=O) groups excluding carboxylic acids is 2. The molecule has 144 valence electrons. The van der Waals surface area contributed by atoms with E-state index < -0.39 is 0 Å². The van der Waals surface area contributed by atoms with E-state index in [0.29, 0.717) is 17.3 Å². The smallest absolute Gasteiger partial charge is 0.196 e. The lowest BCUT2D eigenvalue weighted by Crippen LogP contribution is -2.40. The normalized spacial score (nSPS) is 15.0. The quantitative estimate of drug-likeness (QED) is 0.713. The van der Waals surface area contributed by atoms with Gasteiger partial charge in [0.1, 0.15) is 5.75 Å². The number of Topliss-reactive ketones (excluding diaryl/α,β-unsaturated/α-hetero) is 2. The van der Waals surface area contributed by atoms with E-state index in [1.54, 1.807) is 14.0 Å². The van der Waals surface area contributed by atoms with Gasteiger partial charge in [0.25, 0.3) is 0 Å². The van der Waals surface area contributed by atoms with Crippen LogP contribution in [-0.2, 0) is 6.54 Å². The maximum atomic E-state index is 13.2. The predicted octanol–water partition coefficient (Wildman–Crippen LogP) is 4.08. The lowest BCUT2D eigenvalue weighted by molar-refractivity contribution is 0.0809. The Hall–Kier alpha value is -2.40. The molecule has 1 aromatic heterocycles. The molecule has 0 bridgehead atoms. The number of H-pyrrole nitrogens is 1. The summed E-state index contributed by atoms with van der Waals surface area (Å²) in [5.41, 5.74) is 3.89. The van der Waals surface area contributed by atoms with E-state index in [1.807, 2.05) is 45.0 Å². The van der Waals surface area contributed by atoms with Gasteiger partial charge in [-0.3, -0.25) is 14.5 Å². The Bertz CT molecular complexity index is 847. The van der Waals surface area contributed by atoms with Crippen LogP contribution >= 0.6 is 0 Å². The minimum absolute atomic E-state index is 0.00904. The highest BCUT2D eigenvalue weighted by Crippen LogP contribution is 2.32. The van der Waals surface area contributed by atoms with Crippen LogP contribution in [0.5, 0.6) is 5.75 Å². The molecule has 0 spiro atoms. The van der Waals surface area contributed by atoms with Crippen LogP contribution in [0.2, 0.25) is 0 Å². The number of aromatic nitrogens is 1. The summed E-state index contributed by atoms with van der Waals surface area (Å²) in [6.07, 6.45) is 2.24. The van der Waals surface area contributed by atoms with E-state index in [-0.39, 0.29) is 17.6 Å². The molecule has 27 heavy (non-hydrogen) atoms. The van der Waals surface area contributed by atoms with Crippen LogP contribution in [0.15, 0.2) is 24.3 Å². The van der Waals surface area contributed by atoms with Crippen molar-refractivity contribution >= 4 is 11.6 Å². The van der Waals surface area contributed by atoms with Crippen LogP contribution in [0.3, 0.4) is 0 Å². The average molecular weight is 368 g/mol. The van der Waals surface area contributed by atoms with Gasteiger partial charge in [-0.15, -0.1) is 0 Å². The van der Waals surface area contributed by atoms with Crippen LogP contribution < -0.4 is 4.74 Å². The number of aryl methyl sites for hydroxylation is 1. The minimum atomic E-state index is -0.254. The molecule has 1 atom stereocenters. The van der Waals surface area contributed by atoms with Gasteiger partial charge in [0.15, 0.2) is 11.6 Å². The summed E-state index contributed by atoms with van der Waals surface area (Å²) in [6, 6.07) is 8.17. The van der Waals surface area contributed by atoms with Gasteiger partial charge in [0.05, 0.1) is 18.8 Å². The van der Waals surface area contributed by atoms with Crippen molar-refractivity contribution in [2.45, 2.75) is 59.2 Å². The Kier molecular flexibility index (Phi) is 5.51. The topological polar surface area (TPSA) is 62.4 Å². The van der Waals surface area contributed by atoms with Gasteiger partial charge in [-0.25, -0.2) is 0 Å². The van der Waals surface area contributed by atoms with Crippen molar-refractivity contribution < 1.29 is 14.3 Å². The lowest BCUT2D eigenvalue weighted by atomic mass is 10.0. The van der Waals surface area contributed by atoms with Gasteiger partial charge >= 0.3 is 0 Å². The van der Waals surface area contributed by atoms with Gasteiger partial charge < -0.3 is 9.72 Å². The van der Waals surface area contributed by atoms with E-state index in [0.717, 1.165) is 42.0 Å². The third-order valence-electron chi connectivity index (χ3n) is 5.45. The van der Waals surface area contributed by atoms with Crippen molar-refractivity contribution in [2.24, 2.45) is 0 Å². The summed E-state index contributed by atoms with van der Waals surface area (Å²) in [5, 5.41) is 0. The SMILES string of the molecule is COc1ccc(CN(C2CC2)[C@H](C)C(=O)c2[nH]c(C)c(C(C)=O)c2C)cc1. The number of benzene rings is 1. The Morgan fingerprint density at radius 3 is 2.33 bits per heavy atom. The highest BCUT2D eigenvalue weighted by molar-refractivity contribution is 6.05. The number of hydrogen-bond acceptors (Lipinski definition) is 4. The molecule has 1 saturated carbocycles. The molecule has 0 radical (unpaired) electrons. The number of rotatable bonds is 8. The fraction of sp³-hybridized carbons (Fsp3) is 0.455. The lowest BCUT2D eigenvalue weighted by Gasteiger charge is -2.28. The van der Waals surface area contributed by atoms with Gasteiger partial charge in [0.2, 0.25) is 0 Å². The highest BCUT2D eigenvalue weighted by atomic mass is 16.5. The maximum absolute atomic E-state index is 13.2. The summed E-state index contributed by atoms with van der Waals surface area (Å²) in [5.74, 6) is 0.865. The Labute approximate surface area is 160 Å². The Morgan fingerprint density at radius 1 is 1.22 bits per heavy atom. The summed E-state index contributed by atoms with van der Waals surface area (Å²) in [4.78, 5) is 30.5. The average Bonchev–Trinajstić information content (AvgIpc) is 3.43. The first-order valence-corrected chi connectivity index (χ1v) is 9.46. The number of ketones is 2. The fourth-order valence-corrected chi connectivity index (χ4v) is 3.81. The number of ether oxygens (including phenoxy) is 1. The summed E-state index contributed by atoms with van der Waals surface area (Å²) >= 11 is 0. The number of nitrogens with zero attached hydrogens (tertiary/aromatic N) is 1. The van der Waals surface area contributed by atoms with E-state index in [9.17, 15) is 9.59 Å². The Morgan fingerprint density at radius 2 is 1.85 bits per heavy atom. The zero-order valence-corrected chi connectivity index (χ0v) is 16.8. The summed E-state index contributed by atoms with van der Waals surface area (Å²) in [7, 11) is 1.65. The van der Waals surface area contributed by atoms with Crippen molar-refractivity contribution in [1.82, 2.24) is 9.88 Å². The Balaban J connectivity index is 1.82. The van der Waals surface area contributed by atoms with Gasteiger partial charge in [-0.1, -0.05) is 12.1 Å². The monoisotopic (exact) mass is 368 g/mol. The second-order valence-electron chi connectivity index (χ2n) is 7.47. The molecule has 1 N–H and O–H groups in total. The highest BCUT2D eigenvalue weighted by Gasteiger charge is 2.36. The molecule has 1 fully saturated rings. The number of aromatic amines is 1. The molecule has 0 aliphatic heterocycles. The number of hydrogen-bond donors (Lipinski definition) is 1. The molecule has 0 amide bonds. The van der Waals surface area contributed by atoms with Crippen molar-refractivity contribution in [3.8, 4) is 5.75 Å². The van der Waals surface area contributed by atoms with Gasteiger partial charge in [-0.2, -0.15) is 0 Å². The summed E-state index contributed by atoms with van der Waals surface area (Å²) in [6.45, 7) is 7.93. The number of methoxy groups -OCH3 is 1. The molecule has 2 aromatic rings. The fourth-order valence-electron chi connectivity index (χ4n) is 3.81. The second kappa shape index (κ2) is 7.69. The first-order chi connectivity index (χ1) is 12.8. The molecular weight excluding hydrogens is 340 g/mol. The van der Waals surface area contributed by atoms with Crippen LogP contribution in [0.25, 0.3) is 0 Å². The van der Waals surface area contributed by atoms with Crippen molar-refractivity contribution in [3.05, 3.63) is 52.3 Å². The molecule has 5 nitrogen and oxygen atoms in total. The number of nitrogens with one attached hydrogen (secondary N) is 1. The van der Waals surface area contributed by atoms with E-state index >= 15 is 0 Å². The van der Waals surface area contributed by atoms with Crippen LogP contribution in [0.1, 0.15) is 64.4 Å². The van der Waals surface area contributed by atoms with Crippen molar-refractivity contribution in [2.75, 3.05) is 7.11 Å². The predicted molar refractivity (Wildman–Crippen MR) is 106 cm³/mol.